The molecule has 1 amide bonds. The number of halogens is 1. The maximum Gasteiger partial charge on any atom is 0.331 e. The van der Waals surface area contributed by atoms with E-state index in [9.17, 15) is 14.4 Å². The van der Waals surface area contributed by atoms with Crippen molar-refractivity contribution in [1.29, 1.82) is 0 Å². The van der Waals surface area contributed by atoms with Crippen LogP contribution in [0.15, 0.2) is 21.9 Å². The number of rotatable bonds is 2. The molecule has 1 aliphatic heterocycles. The lowest BCUT2D eigenvalue weighted by Gasteiger charge is -2.38. The fraction of sp³-hybridized carbons (Fsp3) is 0.615. The number of hydrogen-bond donors (Lipinski definition) is 1. The molecule has 7 nitrogen and oxygen atoms in total. The van der Waals surface area contributed by atoms with Crippen molar-refractivity contribution >= 4 is 18.3 Å². The van der Waals surface area contributed by atoms with Gasteiger partial charge in [-0.25, -0.2) is 4.79 Å². The second kappa shape index (κ2) is 6.91. The highest BCUT2D eigenvalue weighted by molar-refractivity contribution is 5.85. The highest BCUT2D eigenvalue weighted by atomic mass is 35.5. The average Bonchev–Trinajstić information content (AvgIpc) is 2.42. The van der Waals surface area contributed by atoms with Gasteiger partial charge in [0.15, 0.2) is 0 Å². The Morgan fingerprint density at radius 3 is 2.71 bits per heavy atom. The molecule has 0 radical (unpaired) electrons. The number of aromatic nitrogens is 2. The van der Waals surface area contributed by atoms with Crippen molar-refractivity contribution in [2.45, 2.75) is 32.5 Å². The molecule has 0 aliphatic carbocycles. The molecule has 0 spiro atoms. The predicted octanol–water partition coefficient (Wildman–Crippen LogP) is -0.822. The Hall–Kier alpha value is -1.60. The van der Waals surface area contributed by atoms with Gasteiger partial charge in [0.2, 0.25) is 5.91 Å². The first kappa shape index (κ1) is 17.5. The van der Waals surface area contributed by atoms with Crippen LogP contribution in [0.1, 0.15) is 13.8 Å². The highest BCUT2D eigenvalue weighted by Gasteiger charge is 2.28. The molecule has 1 N–H and O–H groups in total. The quantitative estimate of drug-likeness (QED) is 0.773. The Kier molecular flexibility index (Phi) is 5.74. The van der Waals surface area contributed by atoms with E-state index >= 15 is 0 Å². The summed E-state index contributed by atoms with van der Waals surface area (Å²) >= 11 is 0. The maximum atomic E-state index is 12.3. The van der Waals surface area contributed by atoms with Crippen molar-refractivity contribution in [2.75, 3.05) is 13.1 Å². The lowest BCUT2D eigenvalue weighted by molar-refractivity contribution is -0.135. The number of carbonyl (C=O) groups is 1. The number of nitrogens with zero attached hydrogens (tertiary/aromatic N) is 3. The number of piperazine rings is 1. The monoisotopic (exact) mass is 316 g/mol. The zero-order chi connectivity index (χ0) is 14.9. The molecule has 2 heterocycles. The van der Waals surface area contributed by atoms with Gasteiger partial charge in [0, 0.05) is 44.5 Å². The molecular weight excluding hydrogens is 296 g/mol. The van der Waals surface area contributed by atoms with Crippen LogP contribution in [0, 0.1) is 0 Å². The molecule has 0 aromatic carbocycles. The Bertz CT molecular complexity index is 625. The van der Waals surface area contributed by atoms with Crippen LogP contribution < -0.4 is 16.6 Å². The van der Waals surface area contributed by atoms with E-state index in [0.29, 0.717) is 6.54 Å². The third kappa shape index (κ3) is 3.54. The van der Waals surface area contributed by atoms with Gasteiger partial charge in [-0.3, -0.25) is 18.7 Å². The average molecular weight is 317 g/mol. The van der Waals surface area contributed by atoms with Crippen LogP contribution in [0.4, 0.5) is 0 Å². The summed E-state index contributed by atoms with van der Waals surface area (Å²) in [5, 5.41) is 3.30. The molecule has 1 fully saturated rings. The minimum absolute atomic E-state index is 0. The zero-order valence-corrected chi connectivity index (χ0v) is 13.2. The first-order valence-electron chi connectivity index (χ1n) is 6.71. The van der Waals surface area contributed by atoms with Crippen molar-refractivity contribution in [1.82, 2.24) is 19.4 Å². The molecule has 118 valence electrons. The van der Waals surface area contributed by atoms with Crippen molar-refractivity contribution in [3.63, 3.8) is 0 Å². The largest absolute Gasteiger partial charge is 0.336 e. The van der Waals surface area contributed by atoms with E-state index < -0.39 is 5.69 Å². The zero-order valence-electron chi connectivity index (χ0n) is 12.4. The second-order valence-corrected chi connectivity index (χ2v) is 5.19. The predicted molar refractivity (Wildman–Crippen MR) is 81.8 cm³/mol. The van der Waals surface area contributed by atoms with Crippen molar-refractivity contribution in [3.05, 3.63) is 33.1 Å². The van der Waals surface area contributed by atoms with Gasteiger partial charge in [-0.15, -0.1) is 12.4 Å². The van der Waals surface area contributed by atoms with Crippen LogP contribution in [0.2, 0.25) is 0 Å². The number of amides is 1. The minimum atomic E-state index is -0.471. The molecule has 1 saturated heterocycles. The molecule has 0 saturated carbocycles. The van der Waals surface area contributed by atoms with E-state index in [-0.39, 0.29) is 42.5 Å². The van der Waals surface area contributed by atoms with Gasteiger partial charge in [-0.2, -0.15) is 0 Å². The second-order valence-electron chi connectivity index (χ2n) is 5.19. The van der Waals surface area contributed by atoms with E-state index in [0.717, 1.165) is 11.1 Å². The van der Waals surface area contributed by atoms with Gasteiger partial charge in [-0.1, -0.05) is 0 Å². The van der Waals surface area contributed by atoms with Crippen LogP contribution in [-0.4, -0.2) is 45.1 Å². The third-order valence-corrected chi connectivity index (χ3v) is 3.92. The highest BCUT2D eigenvalue weighted by Crippen LogP contribution is 2.09. The number of hydrogen-bond acceptors (Lipinski definition) is 4. The van der Waals surface area contributed by atoms with Gasteiger partial charge in [0.05, 0.1) is 0 Å². The van der Waals surface area contributed by atoms with Gasteiger partial charge in [0.1, 0.15) is 6.54 Å². The molecule has 8 heteroatoms. The first-order valence-corrected chi connectivity index (χ1v) is 6.71. The van der Waals surface area contributed by atoms with Crippen LogP contribution in [0.5, 0.6) is 0 Å². The fourth-order valence-corrected chi connectivity index (χ4v) is 2.38. The molecular formula is C13H21ClN4O3. The summed E-state index contributed by atoms with van der Waals surface area (Å²) in [4.78, 5) is 37.3. The van der Waals surface area contributed by atoms with Gasteiger partial charge in [-0.05, 0) is 13.8 Å². The summed E-state index contributed by atoms with van der Waals surface area (Å²) in [7, 11) is 1.40. The summed E-state index contributed by atoms with van der Waals surface area (Å²) in [6.45, 7) is 5.36. The fourth-order valence-electron chi connectivity index (χ4n) is 2.38. The summed E-state index contributed by atoms with van der Waals surface area (Å²) in [6.07, 6.45) is 1.37. The number of carbonyl (C=O) groups excluding carboxylic acids is 1. The number of nitrogens with one attached hydrogen (secondary N) is 1. The van der Waals surface area contributed by atoms with Crippen LogP contribution in [0.25, 0.3) is 0 Å². The lowest BCUT2D eigenvalue weighted by atomic mass is 10.1. The summed E-state index contributed by atoms with van der Waals surface area (Å²) in [5.74, 6) is -0.105. The molecule has 2 unspecified atom stereocenters. The smallest absolute Gasteiger partial charge is 0.331 e. The van der Waals surface area contributed by atoms with E-state index in [1.165, 1.54) is 23.9 Å². The van der Waals surface area contributed by atoms with Crippen LogP contribution >= 0.6 is 12.4 Å². The molecule has 1 aromatic heterocycles. The van der Waals surface area contributed by atoms with Crippen molar-refractivity contribution in [3.8, 4) is 0 Å². The standard InChI is InChI=1S/C13H20N4O3.ClH/c1-9-10(2)17(7-5-14-9)12(19)8-16-6-4-11(18)15(3)13(16)20;/h4,6,9-10,14H,5,7-8H2,1-3H3;1H. The normalized spacial score (nSPS) is 21.8. The van der Waals surface area contributed by atoms with E-state index in [2.05, 4.69) is 5.32 Å². The topological polar surface area (TPSA) is 76.3 Å². The van der Waals surface area contributed by atoms with Gasteiger partial charge >= 0.3 is 5.69 Å². The first-order chi connectivity index (χ1) is 9.41. The Balaban J connectivity index is 0.00000220. The van der Waals surface area contributed by atoms with Crippen molar-refractivity contribution < 1.29 is 4.79 Å². The van der Waals surface area contributed by atoms with E-state index in [1.54, 1.807) is 4.90 Å². The molecule has 1 aliphatic rings. The maximum absolute atomic E-state index is 12.3. The van der Waals surface area contributed by atoms with Crippen molar-refractivity contribution in [2.24, 2.45) is 7.05 Å². The minimum Gasteiger partial charge on any atom is -0.336 e. The van der Waals surface area contributed by atoms with Crippen LogP contribution in [0.3, 0.4) is 0 Å². The lowest BCUT2D eigenvalue weighted by Crippen LogP contribution is -2.58. The molecule has 21 heavy (non-hydrogen) atoms. The Morgan fingerprint density at radius 2 is 2.05 bits per heavy atom. The summed E-state index contributed by atoms with van der Waals surface area (Å²) in [5.41, 5.74) is -0.843. The van der Waals surface area contributed by atoms with E-state index in [1.807, 2.05) is 13.8 Å². The Morgan fingerprint density at radius 1 is 1.38 bits per heavy atom. The van der Waals surface area contributed by atoms with Crippen LogP contribution in [-0.2, 0) is 18.4 Å². The van der Waals surface area contributed by atoms with Gasteiger partial charge in [0.25, 0.3) is 5.56 Å². The van der Waals surface area contributed by atoms with E-state index in [4.69, 9.17) is 0 Å². The van der Waals surface area contributed by atoms with Gasteiger partial charge < -0.3 is 10.2 Å². The summed E-state index contributed by atoms with van der Waals surface area (Å²) < 4.78 is 2.26. The summed E-state index contributed by atoms with van der Waals surface area (Å²) in [6, 6.07) is 1.60. The molecule has 2 atom stereocenters. The molecule has 1 aromatic rings. The third-order valence-electron chi connectivity index (χ3n) is 3.92. The SMILES string of the molecule is CC1NCCN(C(=O)Cn2ccc(=O)n(C)c2=O)C1C.Cl. The Labute approximate surface area is 129 Å². The molecule has 0 bridgehead atoms. The molecule has 2 rings (SSSR count).